The number of aryl methyl sites for hydroxylation is 2. The van der Waals surface area contributed by atoms with Crippen LogP contribution in [-0.4, -0.2) is 43.7 Å². The molecule has 1 amide bonds. The molecule has 3 aromatic heterocycles. The van der Waals surface area contributed by atoms with Gasteiger partial charge in [0.25, 0.3) is 0 Å². The number of carbonyl (C=O) groups excluding carboxylic acids is 1. The highest BCUT2D eigenvalue weighted by Crippen LogP contribution is 2.35. The molecule has 1 aliphatic rings. The molecule has 0 spiro atoms. The highest BCUT2D eigenvalue weighted by molar-refractivity contribution is 5.90. The molecule has 1 aliphatic heterocycles. The van der Waals surface area contributed by atoms with E-state index in [-0.39, 0.29) is 11.8 Å². The second-order valence-corrected chi connectivity index (χ2v) is 9.19. The van der Waals surface area contributed by atoms with Crippen LogP contribution in [0.25, 0.3) is 28.0 Å². The Morgan fingerprint density at radius 2 is 2.00 bits per heavy atom. The van der Waals surface area contributed by atoms with E-state index in [1.807, 2.05) is 44.2 Å². The van der Waals surface area contributed by atoms with Crippen molar-refractivity contribution in [3.63, 3.8) is 0 Å². The van der Waals surface area contributed by atoms with E-state index in [1.165, 1.54) is 0 Å². The fourth-order valence-electron chi connectivity index (χ4n) is 4.69. The highest BCUT2D eigenvalue weighted by atomic mass is 16.3. The normalized spacial score (nSPS) is 16.5. The van der Waals surface area contributed by atoms with Crippen LogP contribution < -0.4 is 10.6 Å². The Bertz CT molecular complexity index is 1470. The van der Waals surface area contributed by atoms with Crippen molar-refractivity contribution in [1.82, 2.24) is 30.2 Å². The monoisotopic (exact) mass is 481 g/mol. The number of piperidine rings is 1. The number of hydrogen-bond acceptors (Lipinski definition) is 7. The summed E-state index contributed by atoms with van der Waals surface area (Å²) in [5.41, 5.74) is 6.55. The van der Waals surface area contributed by atoms with Gasteiger partial charge in [0.15, 0.2) is 5.65 Å². The molecule has 1 saturated heterocycles. The number of fused-ring (bicyclic) bond motifs is 1. The topological polar surface area (TPSA) is 128 Å². The van der Waals surface area contributed by atoms with Crippen LogP contribution in [0, 0.1) is 31.1 Å². The first-order valence-corrected chi connectivity index (χ1v) is 11.9. The molecule has 182 valence electrons. The number of nitriles is 1. The molecule has 9 heteroatoms. The van der Waals surface area contributed by atoms with Crippen LogP contribution in [0.4, 0.5) is 0 Å². The van der Waals surface area contributed by atoms with E-state index in [1.54, 1.807) is 22.8 Å². The van der Waals surface area contributed by atoms with Crippen molar-refractivity contribution in [1.29, 1.82) is 5.26 Å². The molecule has 36 heavy (non-hydrogen) atoms. The van der Waals surface area contributed by atoms with Crippen molar-refractivity contribution in [2.24, 2.45) is 5.92 Å². The summed E-state index contributed by atoms with van der Waals surface area (Å²) in [6, 6.07) is 15.2. The molecule has 0 saturated carbocycles. The molecule has 9 nitrogen and oxygen atoms in total. The SMILES string of the molecule is Cc1cc(-c2c(-c3cccc(C#N)c3)nn3ccc(C(O)NCC4CCNC(=O)C4)nc23)cc(C)n1. The van der Waals surface area contributed by atoms with Gasteiger partial charge >= 0.3 is 0 Å². The maximum absolute atomic E-state index is 11.7. The number of rotatable bonds is 6. The Labute approximate surface area is 208 Å². The number of hydrogen-bond donors (Lipinski definition) is 3. The predicted octanol–water partition coefficient (Wildman–Crippen LogP) is 3.05. The molecule has 3 N–H and O–H groups in total. The summed E-state index contributed by atoms with van der Waals surface area (Å²) in [6.45, 7) is 5.06. The van der Waals surface area contributed by atoms with E-state index in [0.717, 1.165) is 34.5 Å². The van der Waals surface area contributed by atoms with Gasteiger partial charge in [-0.25, -0.2) is 9.50 Å². The summed E-state index contributed by atoms with van der Waals surface area (Å²) < 4.78 is 1.69. The summed E-state index contributed by atoms with van der Waals surface area (Å²) >= 11 is 0. The number of aromatic nitrogens is 4. The van der Waals surface area contributed by atoms with Gasteiger partial charge < -0.3 is 10.4 Å². The summed E-state index contributed by atoms with van der Waals surface area (Å²) in [6.07, 6.45) is 2.11. The summed E-state index contributed by atoms with van der Waals surface area (Å²) in [7, 11) is 0. The maximum Gasteiger partial charge on any atom is 0.220 e. The zero-order chi connectivity index (χ0) is 25.2. The number of aliphatic hydroxyl groups excluding tert-OH is 1. The van der Waals surface area contributed by atoms with E-state index in [9.17, 15) is 15.2 Å². The van der Waals surface area contributed by atoms with Gasteiger partial charge in [-0.05, 0) is 62.1 Å². The average Bonchev–Trinajstić information content (AvgIpc) is 3.26. The number of carbonyl (C=O) groups is 1. The minimum atomic E-state index is -0.992. The number of nitrogens with one attached hydrogen (secondary N) is 2. The molecule has 0 bridgehead atoms. The molecular formula is C27H27N7O2. The molecule has 1 aromatic carbocycles. The second-order valence-electron chi connectivity index (χ2n) is 9.19. The molecule has 1 fully saturated rings. The van der Waals surface area contributed by atoms with E-state index >= 15 is 0 Å². The number of nitrogens with zero attached hydrogens (tertiary/aromatic N) is 5. The van der Waals surface area contributed by atoms with Gasteiger partial charge in [-0.3, -0.25) is 15.1 Å². The summed E-state index contributed by atoms with van der Waals surface area (Å²) in [5.74, 6) is 0.214. The smallest absolute Gasteiger partial charge is 0.220 e. The molecule has 5 rings (SSSR count). The standard InChI is InChI=1S/C27H27N7O2/c1-16-10-21(11-17(2)31-16)24-25(20-5-3-4-18(12-20)14-28)33-34-9-7-22(32-26(24)34)27(36)30-15-19-6-8-29-23(35)13-19/h3-5,7,9-12,19,27,30,36H,6,8,13,15H2,1-2H3,(H,29,35). The number of benzene rings is 1. The minimum absolute atomic E-state index is 0.0434. The first-order valence-electron chi connectivity index (χ1n) is 11.9. The zero-order valence-corrected chi connectivity index (χ0v) is 20.2. The van der Waals surface area contributed by atoms with Gasteiger partial charge in [-0.1, -0.05) is 12.1 Å². The van der Waals surface area contributed by atoms with Crippen molar-refractivity contribution in [2.75, 3.05) is 13.1 Å². The third-order valence-corrected chi connectivity index (χ3v) is 6.37. The van der Waals surface area contributed by atoms with Crippen LogP contribution in [0.1, 0.15) is 41.7 Å². The van der Waals surface area contributed by atoms with E-state index in [4.69, 9.17) is 10.1 Å². The Balaban J connectivity index is 1.56. The fraction of sp³-hybridized carbons (Fsp3) is 0.296. The van der Waals surface area contributed by atoms with Crippen LogP contribution >= 0.6 is 0 Å². The van der Waals surface area contributed by atoms with Crippen molar-refractivity contribution in [3.8, 4) is 28.5 Å². The van der Waals surface area contributed by atoms with Gasteiger partial charge in [-0.2, -0.15) is 10.4 Å². The Morgan fingerprint density at radius 3 is 2.75 bits per heavy atom. The minimum Gasteiger partial charge on any atom is -0.373 e. The zero-order valence-electron chi connectivity index (χ0n) is 20.2. The first kappa shape index (κ1) is 23.6. The van der Waals surface area contributed by atoms with Gasteiger partial charge in [0.1, 0.15) is 11.9 Å². The molecule has 2 atom stereocenters. The predicted molar refractivity (Wildman–Crippen MR) is 135 cm³/mol. The van der Waals surface area contributed by atoms with Crippen molar-refractivity contribution < 1.29 is 9.90 Å². The lowest BCUT2D eigenvalue weighted by atomic mass is 9.97. The van der Waals surface area contributed by atoms with Gasteiger partial charge in [0, 0.05) is 42.7 Å². The van der Waals surface area contributed by atoms with Crippen molar-refractivity contribution >= 4 is 11.6 Å². The second kappa shape index (κ2) is 9.85. The van der Waals surface area contributed by atoms with Crippen LogP contribution in [0.15, 0.2) is 48.7 Å². The van der Waals surface area contributed by atoms with Gasteiger partial charge in [-0.15, -0.1) is 0 Å². The van der Waals surface area contributed by atoms with E-state index < -0.39 is 6.23 Å². The number of aliphatic hydroxyl groups is 1. The third-order valence-electron chi connectivity index (χ3n) is 6.37. The lowest BCUT2D eigenvalue weighted by Crippen LogP contribution is -2.38. The van der Waals surface area contributed by atoms with Crippen LogP contribution in [0.3, 0.4) is 0 Å². The first-order chi connectivity index (χ1) is 17.4. The highest BCUT2D eigenvalue weighted by Gasteiger charge is 2.23. The van der Waals surface area contributed by atoms with Crippen LogP contribution in [0.2, 0.25) is 0 Å². The van der Waals surface area contributed by atoms with Gasteiger partial charge in [0.05, 0.1) is 22.9 Å². The van der Waals surface area contributed by atoms with Crippen molar-refractivity contribution in [2.45, 2.75) is 32.9 Å². The van der Waals surface area contributed by atoms with Crippen molar-refractivity contribution in [3.05, 3.63) is 71.3 Å². The summed E-state index contributed by atoms with van der Waals surface area (Å²) in [4.78, 5) is 21.0. The lowest BCUT2D eigenvalue weighted by Gasteiger charge is -2.23. The number of pyridine rings is 1. The Hall–Kier alpha value is -4.13. The Morgan fingerprint density at radius 1 is 1.19 bits per heavy atom. The van der Waals surface area contributed by atoms with E-state index in [2.05, 4.69) is 21.7 Å². The molecule has 2 unspecified atom stereocenters. The average molecular weight is 482 g/mol. The quantitative estimate of drug-likeness (QED) is 0.361. The fourth-order valence-corrected chi connectivity index (χ4v) is 4.69. The molecule has 4 heterocycles. The molecule has 4 aromatic rings. The maximum atomic E-state index is 11.7. The van der Waals surface area contributed by atoms with Crippen LogP contribution in [-0.2, 0) is 4.79 Å². The number of amides is 1. The Kier molecular flexibility index (Phi) is 6.46. The third kappa shape index (κ3) is 4.82. The van der Waals surface area contributed by atoms with E-state index in [0.29, 0.717) is 42.1 Å². The largest absolute Gasteiger partial charge is 0.373 e. The van der Waals surface area contributed by atoms with Gasteiger partial charge in [0.2, 0.25) is 5.91 Å². The molecule has 0 aliphatic carbocycles. The molecular weight excluding hydrogens is 454 g/mol. The van der Waals surface area contributed by atoms with Crippen LogP contribution in [0.5, 0.6) is 0 Å². The lowest BCUT2D eigenvalue weighted by molar-refractivity contribution is -0.123. The summed E-state index contributed by atoms with van der Waals surface area (Å²) in [5, 5.41) is 31.0. The molecule has 0 radical (unpaired) electrons.